The molecule has 1 aliphatic rings. The summed E-state index contributed by atoms with van der Waals surface area (Å²) in [5, 5.41) is 9.77. The van der Waals surface area contributed by atoms with E-state index in [9.17, 15) is 9.90 Å². The van der Waals surface area contributed by atoms with E-state index in [1.54, 1.807) is 19.1 Å². The highest BCUT2D eigenvalue weighted by molar-refractivity contribution is 5.75. The van der Waals surface area contributed by atoms with Gasteiger partial charge in [-0.1, -0.05) is 36.4 Å². The minimum atomic E-state index is -0.107. The van der Waals surface area contributed by atoms with Crippen molar-refractivity contribution in [3.8, 4) is 5.75 Å². The van der Waals surface area contributed by atoms with Gasteiger partial charge in [0.2, 0.25) is 5.91 Å². The Kier molecular flexibility index (Phi) is 3.18. The topological polar surface area (TPSA) is 40.5 Å². The summed E-state index contributed by atoms with van der Waals surface area (Å²) in [6.07, 6.45) is 0.832. The molecule has 0 aromatic heterocycles. The lowest BCUT2D eigenvalue weighted by molar-refractivity contribution is -0.130. The van der Waals surface area contributed by atoms with Crippen LogP contribution in [0.3, 0.4) is 0 Å². The molecule has 1 atom stereocenters. The summed E-state index contributed by atoms with van der Waals surface area (Å²) in [5.41, 5.74) is 3.31. The van der Waals surface area contributed by atoms with Crippen LogP contribution in [-0.4, -0.2) is 22.5 Å². The van der Waals surface area contributed by atoms with Crippen molar-refractivity contribution in [1.29, 1.82) is 0 Å². The third kappa shape index (κ3) is 2.16. The van der Waals surface area contributed by atoms with Gasteiger partial charge in [-0.3, -0.25) is 4.79 Å². The summed E-state index contributed by atoms with van der Waals surface area (Å²) in [5.74, 6) is 0.308. The number of nitrogens with zero attached hydrogens (tertiary/aromatic N) is 1. The normalized spacial score (nSPS) is 17.6. The van der Waals surface area contributed by atoms with Crippen LogP contribution in [0, 0.1) is 0 Å². The zero-order valence-electron chi connectivity index (χ0n) is 11.4. The third-order valence-corrected chi connectivity index (χ3v) is 3.88. The highest BCUT2D eigenvalue weighted by atomic mass is 16.3. The van der Waals surface area contributed by atoms with Crippen LogP contribution < -0.4 is 0 Å². The van der Waals surface area contributed by atoms with E-state index in [0.717, 1.165) is 17.5 Å². The predicted octanol–water partition coefficient (Wildman–Crippen LogP) is 2.89. The highest BCUT2D eigenvalue weighted by Crippen LogP contribution is 2.36. The molecule has 1 N–H and O–H groups in total. The third-order valence-electron chi connectivity index (χ3n) is 3.88. The monoisotopic (exact) mass is 267 g/mol. The fraction of sp³-hybridized carbons (Fsp3) is 0.235. The first-order valence-corrected chi connectivity index (χ1v) is 6.81. The molecule has 0 radical (unpaired) electrons. The second-order valence-electron chi connectivity index (χ2n) is 5.16. The Balaban J connectivity index is 2.15. The molecule has 1 unspecified atom stereocenters. The molecule has 1 amide bonds. The fourth-order valence-corrected chi connectivity index (χ4v) is 2.94. The van der Waals surface area contributed by atoms with Crippen LogP contribution in [0.15, 0.2) is 48.5 Å². The lowest BCUT2D eigenvalue weighted by Gasteiger charge is -2.37. The van der Waals surface area contributed by atoms with Gasteiger partial charge >= 0.3 is 0 Å². The first-order chi connectivity index (χ1) is 9.66. The molecular weight excluding hydrogens is 250 g/mol. The molecular formula is C17H17NO2. The first kappa shape index (κ1) is 12.7. The number of hydrogen-bond acceptors (Lipinski definition) is 2. The van der Waals surface area contributed by atoms with Gasteiger partial charge in [0.25, 0.3) is 0 Å². The maximum Gasteiger partial charge on any atom is 0.220 e. The number of aromatic hydroxyl groups is 1. The molecule has 0 bridgehead atoms. The quantitative estimate of drug-likeness (QED) is 0.863. The molecule has 0 aliphatic carbocycles. The zero-order valence-corrected chi connectivity index (χ0v) is 11.4. The molecule has 2 aromatic carbocycles. The minimum Gasteiger partial charge on any atom is -0.508 e. The summed E-state index contributed by atoms with van der Waals surface area (Å²) >= 11 is 0. The average Bonchev–Trinajstić information content (AvgIpc) is 2.46. The highest BCUT2D eigenvalue weighted by Gasteiger charge is 2.30. The van der Waals surface area contributed by atoms with Gasteiger partial charge < -0.3 is 10.0 Å². The van der Waals surface area contributed by atoms with E-state index in [4.69, 9.17) is 0 Å². The second-order valence-corrected chi connectivity index (χ2v) is 5.16. The Hall–Kier alpha value is -2.29. The standard InChI is InChI=1S/C17H17NO2/c1-12(19)18-10-9-13-7-8-15(20)11-16(13)17(18)14-5-3-2-4-6-14/h2-8,11,17,20H,9-10H2,1H3. The van der Waals surface area contributed by atoms with Crippen molar-refractivity contribution in [2.75, 3.05) is 6.54 Å². The van der Waals surface area contributed by atoms with Crippen molar-refractivity contribution in [3.05, 3.63) is 65.2 Å². The van der Waals surface area contributed by atoms with Crippen molar-refractivity contribution in [1.82, 2.24) is 4.90 Å². The number of fused-ring (bicyclic) bond motifs is 1. The first-order valence-electron chi connectivity index (χ1n) is 6.81. The van der Waals surface area contributed by atoms with Crippen molar-refractivity contribution < 1.29 is 9.90 Å². The van der Waals surface area contributed by atoms with E-state index in [2.05, 4.69) is 0 Å². The van der Waals surface area contributed by atoms with Crippen LogP contribution in [0.2, 0.25) is 0 Å². The molecule has 3 rings (SSSR count). The number of amides is 1. The molecule has 0 fully saturated rings. The van der Waals surface area contributed by atoms with Crippen molar-refractivity contribution in [2.45, 2.75) is 19.4 Å². The Bertz CT molecular complexity index is 637. The van der Waals surface area contributed by atoms with Crippen molar-refractivity contribution in [3.63, 3.8) is 0 Å². The van der Waals surface area contributed by atoms with Gasteiger partial charge in [0.1, 0.15) is 5.75 Å². The van der Waals surface area contributed by atoms with Gasteiger partial charge in [0, 0.05) is 13.5 Å². The van der Waals surface area contributed by atoms with E-state index in [1.165, 1.54) is 5.56 Å². The minimum absolute atomic E-state index is 0.0628. The smallest absolute Gasteiger partial charge is 0.220 e. The molecule has 1 aliphatic heterocycles. The maximum absolute atomic E-state index is 11.9. The van der Waals surface area contributed by atoms with Crippen LogP contribution in [0.5, 0.6) is 5.75 Å². The molecule has 3 heteroatoms. The zero-order chi connectivity index (χ0) is 14.1. The van der Waals surface area contributed by atoms with E-state index in [1.807, 2.05) is 41.3 Å². The Morgan fingerprint density at radius 2 is 1.95 bits per heavy atom. The number of phenols is 1. The van der Waals surface area contributed by atoms with E-state index in [0.29, 0.717) is 6.54 Å². The summed E-state index contributed by atoms with van der Waals surface area (Å²) in [4.78, 5) is 13.8. The van der Waals surface area contributed by atoms with Gasteiger partial charge in [0.15, 0.2) is 0 Å². The Morgan fingerprint density at radius 1 is 1.20 bits per heavy atom. The largest absolute Gasteiger partial charge is 0.508 e. The van der Waals surface area contributed by atoms with Crippen LogP contribution in [-0.2, 0) is 11.2 Å². The van der Waals surface area contributed by atoms with Gasteiger partial charge in [-0.2, -0.15) is 0 Å². The van der Waals surface area contributed by atoms with Gasteiger partial charge in [0.05, 0.1) is 6.04 Å². The molecule has 0 spiro atoms. The van der Waals surface area contributed by atoms with E-state index >= 15 is 0 Å². The summed E-state index contributed by atoms with van der Waals surface area (Å²) in [6.45, 7) is 2.32. The van der Waals surface area contributed by atoms with Crippen LogP contribution in [0.1, 0.15) is 29.7 Å². The molecule has 102 valence electrons. The number of carbonyl (C=O) groups is 1. The number of benzene rings is 2. The van der Waals surface area contributed by atoms with E-state index < -0.39 is 0 Å². The number of hydrogen-bond donors (Lipinski definition) is 1. The Morgan fingerprint density at radius 3 is 2.65 bits per heavy atom. The van der Waals surface area contributed by atoms with Crippen molar-refractivity contribution >= 4 is 5.91 Å². The van der Waals surface area contributed by atoms with Crippen molar-refractivity contribution in [2.24, 2.45) is 0 Å². The van der Waals surface area contributed by atoms with Crippen LogP contribution >= 0.6 is 0 Å². The van der Waals surface area contributed by atoms with Gasteiger partial charge in [-0.15, -0.1) is 0 Å². The maximum atomic E-state index is 11.9. The van der Waals surface area contributed by atoms with Gasteiger partial charge in [-0.05, 0) is 35.2 Å². The van der Waals surface area contributed by atoms with Crippen LogP contribution in [0.4, 0.5) is 0 Å². The number of rotatable bonds is 1. The predicted molar refractivity (Wildman–Crippen MR) is 77.5 cm³/mol. The second kappa shape index (κ2) is 5.00. The molecule has 0 saturated heterocycles. The van der Waals surface area contributed by atoms with E-state index in [-0.39, 0.29) is 17.7 Å². The molecule has 20 heavy (non-hydrogen) atoms. The molecule has 0 saturated carbocycles. The summed E-state index contributed by atoms with van der Waals surface area (Å²) < 4.78 is 0. The lowest BCUT2D eigenvalue weighted by Crippen LogP contribution is -2.39. The fourth-order valence-electron chi connectivity index (χ4n) is 2.94. The Labute approximate surface area is 118 Å². The SMILES string of the molecule is CC(=O)N1CCc2ccc(O)cc2C1c1ccccc1. The molecule has 3 nitrogen and oxygen atoms in total. The number of carbonyl (C=O) groups excluding carboxylic acids is 1. The summed E-state index contributed by atoms with van der Waals surface area (Å²) in [6, 6.07) is 15.3. The van der Waals surface area contributed by atoms with Gasteiger partial charge in [-0.25, -0.2) is 0 Å². The molecule has 1 heterocycles. The van der Waals surface area contributed by atoms with Crippen LogP contribution in [0.25, 0.3) is 0 Å². The average molecular weight is 267 g/mol. The summed E-state index contributed by atoms with van der Waals surface area (Å²) in [7, 11) is 0. The lowest BCUT2D eigenvalue weighted by atomic mass is 9.88. The number of phenolic OH excluding ortho intramolecular Hbond substituents is 1. The molecule has 2 aromatic rings.